The van der Waals surface area contributed by atoms with Gasteiger partial charge < -0.3 is 15.4 Å². The molecule has 0 spiro atoms. The average Bonchev–Trinajstić information content (AvgIpc) is 2.63. The quantitative estimate of drug-likeness (QED) is 0.837. The highest BCUT2D eigenvalue weighted by atomic mass is 35.5. The first-order valence-corrected chi connectivity index (χ1v) is 9.01. The molecule has 1 aromatic carbocycles. The van der Waals surface area contributed by atoms with Crippen molar-refractivity contribution in [3.63, 3.8) is 0 Å². The minimum atomic E-state index is -0.946. The molecule has 1 amide bonds. The van der Waals surface area contributed by atoms with Crippen molar-refractivity contribution in [1.82, 2.24) is 9.80 Å². The van der Waals surface area contributed by atoms with Gasteiger partial charge in [-0.15, -0.1) is 24.8 Å². The summed E-state index contributed by atoms with van der Waals surface area (Å²) in [6, 6.07) is 9.68. The molecule has 0 aromatic heterocycles. The van der Waals surface area contributed by atoms with Crippen LogP contribution in [0.3, 0.4) is 0 Å². The number of carbonyl (C=O) groups is 1. The summed E-state index contributed by atoms with van der Waals surface area (Å²) in [6.07, 6.45) is 2.13. The number of halogens is 2. The number of rotatable bonds is 4. The predicted octanol–water partition coefficient (Wildman–Crippen LogP) is 2.27. The number of likely N-dealkylation sites (tertiary alicyclic amines) is 1. The molecule has 1 unspecified atom stereocenters. The first-order valence-electron chi connectivity index (χ1n) is 9.01. The number of nitrogens with zero attached hydrogens (tertiary/aromatic N) is 2. The number of piperidine rings is 1. The van der Waals surface area contributed by atoms with Crippen LogP contribution in [0, 0.1) is 5.92 Å². The van der Waals surface area contributed by atoms with Crippen LogP contribution in [0.1, 0.15) is 25.3 Å². The maximum absolute atomic E-state index is 12.9. The van der Waals surface area contributed by atoms with E-state index in [1.165, 1.54) is 0 Å². The van der Waals surface area contributed by atoms with E-state index in [0.29, 0.717) is 5.92 Å². The van der Waals surface area contributed by atoms with Crippen LogP contribution in [-0.2, 0) is 15.1 Å². The highest BCUT2D eigenvalue weighted by molar-refractivity contribution is 5.87. The van der Waals surface area contributed by atoms with Crippen LogP contribution in [0.5, 0.6) is 0 Å². The summed E-state index contributed by atoms with van der Waals surface area (Å²) in [5.41, 5.74) is 6.32. The highest BCUT2D eigenvalue weighted by Crippen LogP contribution is 2.25. The Morgan fingerprint density at radius 2 is 1.69 bits per heavy atom. The Balaban J connectivity index is 0.00000169. The summed E-state index contributed by atoms with van der Waals surface area (Å²) in [5.74, 6) is 0.714. The number of morpholine rings is 1. The number of ether oxygens (including phenoxy) is 1. The lowest BCUT2D eigenvalue weighted by molar-refractivity contribution is -0.138. The maximum Gasteiger partial charge on any atom is 0.246 e. The molecule has 5 nitrogen and oxygen atoms in total. The molecule has 26 heavy (non-hydrogen) atoms. The lowest BCUT2D eigenvalue weighted by Gasteiger charge is -2.39. The van der Waals surface area contributed by atoms with Gasteiger partial charge in [-0.05, 0) is 31.2 Å². The third kappa shape index (κ3) is 5.57. The zero-order valence-corrected chi connectivity index (χ0v) is 17.1. The summed E-state index contributed by atoms with van der Waals surface area (Å²) < 4.78 is 5.41. The first kappa shape index (κ1) is 23.2. The van der Waals surface area contributed by atoms with Crippen molar-refractivity contribution in [2.75, 3.05) is 45.9 Å². The van der Waals surface area contributed by atoms with E-state index in [0.717, 1.165) is 64.3 Å². The summed E-state index contributed by atoms with van der Waals surface area (Å²) in [7, 11) is 0. The van der Waals surface area contributed by atoms with Crippen molar-refractivity contribution in [3.8, 4) is 0 Å². The Kier molecular flexibility index (Phi) is 9.34. The molecule has 0 saturated carbocycles. The number of nitrogens with two attached hydrogens (primary N) is 1. The van der Waals surface area contributed by atoms with Gasteiger partial charge in [-0.1, -0.05) is 30.3 Å². The number of amides is 1. The third-order valence-corrected chi connectivity index (χ3v) is 5.34. The second kappa shape index (κ2) is 10.5. The van der Waals surface area contributed by atoms with Crippen molar-refractivity contribution in [3.05, 3.63) is 35.9 Å². The Bertz CT molecular complexity index is 543. The van der Waals surface area contributed by atoms with E-state index in [4.69, 9.17) is 10.5 Å². The van der Waals surface area contributed by atoms with Gasteiger partial charge in [0.15, 0.2) is 0 Å². The van der Waals surface area contributed by atoms with Crippen LogP contribution in [0.25, 0.3) is 0 Å². The minimum Gasteiger partial charge on any atom is -0.379 e. The van der Waals surface area contributed by atoms with E-state index in [2.05, 4.69) is 4.90 Å². The topological polar surface area (TPSA) is 58.8 Å². The Hall–Kier alpha value is -0.850. The number of hydrogen-bond donors (Lipinski definition) is 1. The molecular weight excluding hydrogens is 373 g/mol. The fraction of sp³-hybridized carbons (Fsp3) is 0.632. The monoisotopic (exact) mass is 403 g/mol. The highest BCUT2D eigenvalue weighted by Gasteiger charge is 2.36. The van der Waals surface area contributed by atoms with Gasteiger partial charge in [-0.3, -0.25) is 9.69 Å². The Labute approximate surface area is 169 Å². The van der Waals surface area contributed by atoms with Gasteiger partial charge in [0.05, 0.1) is 13.2 Å². The van der Waals surface area contributed by atoms with Crippen molar-refractivity contribution in [2.45, 2.75) is 25.3 Å². The fourth-order valence-corrected chi connectivity index (χ4v) is 3.70. The molecule has 2 aliphatic heterocycles. The van der Waals surface area contributed by atoms with E-state index in [1.54, 1.807) is 0 Å². The van der Waals surface area contributed by atoms with Gasteiger partial charge in [-0.2, -0.15) is 0 Å². The Morgan fingerprint density at radius 3 is 2.27 bits per heavy atom. The van der Waals surface area contributed by atoms with E-state index < -0.39 is 5.54 Å². The normalized spacial score (nSPS) is 21.2. The van der Waals surface area contributed by atoms with Gasteiger partial charge in [0.25, 0.3) is 0 Å². The lowest BCUT2D eigenvalue weighted by Crippen LogP contribution is -2.53. The van der Waals surface area contributed by atoms with E-state index >= 15 is 0 Å². The van der Waals surface area contributed by atoms with E-state index in [1.807, 2.05) is 42.2 Å². The molecule has 148 valence electrons. The Morgan fingerprint density at radius 1 is 1.12 bits per heavy atom. The van der Waals surface area contributed by atoms with E-state index in [9.17, 15) is 4.79 Å². The van der Waals surface area contributed by atoms with Crippen molar-refractivity contribution in [1.29, 1.82) is 0 Å². The summed E-state index contributed by atoms with van der Waals surface area (Å²) in [4.78, 5) is 17.3. The van der Waals surface area contributed by atoms with Crippen LogP contribution < -0.4 is 5.73 Å². The molecule has 0 bridgehead atoms. The predicted molar refractivity (Wildman–Crippen MR) is 109 cm³/mol. The van der Waals surface area contributed by atoms with E-state index in [-0.39, 0.29) is 30.7 Å². The number of hydrogen-bond acceptors (Lipinski definition) is 4. The summed E-state index contributed by atoms with van der Waals surface area (Å²) >= 11 is 0. The maximum atomic E-state index is 12.9. The minimum absolute atomic E-state index is 0. The lowest BCUT2D eigenvalue weighted by atomic mass is 9.89. The smallest absolute Gasteiger partial charge is 0.246 e. The molecular formula is C19H31Cl2N3O2. The van der Waals surface area contributed by atoms with Crippen molar-refractivity contribution >= 4 is 30.7 Å². The molecule has 2 saturated heterocycles. The molecule has 0 radical (unpaired) electrons. The molecule has 3 rings (SSSR count). The first-order chi connectivity index (χ1) is 11.6. The molecule has 2 fully saturated rings. The van der Waals surface area contributed by atoms with Gasteiger partial charge in [-0.25, -0.2) is 0 Å². The number of carbonyl (C=O) groups excluding carboxylic acids is 1. The van der Waals surface area contributed by atoms with Crippen LogP contribution in [-0.4, -0.2) is 61.6 Å². The molecule has 7 heteroatoms. The zero-order valence-electron chi connectivity index (χ0n) is 15.4. The van der Waals surface area contributed by atoms with Crippen molar-refractivity contribution in [2.24, 2.45) is 11.7 Å². The van der Waals surface area contributed by atoms with Crippen LogP contribution in [0.15, 0.2) is 30.3 Å². The van der Waals surface area contributed by atoms with Crippen LogP contribution in [0.2, 0.25) is 0 Å². The third-order valence-electron chi connectivity index (χ3n) is 5.34. The van der Waals surface area contributed by atoms with Gasteiger partial charge in [0.1, 0.15) is 5.54 Å². The molecule has 1 aromatic rings. The number of benzene rings is 1. The van der Waals surface area contributed by atoms with Crippen molar-refractivity contribution < 1.29 is 9.53 Å². The second-order valence-corrected chi connectivity index (χ2v) is 7.22. The molecule has 1 atom stereocenters. The largest absolute Gasteiger partial charge is 0.379 e. The molecule has 2 N–H and O–H groups in total. The average molecular weight is 404 g/mol. The summed E-state index contributed by atoms with van der Waals surface area (Å²) in [6.45, 7) is 8.34. The van der Waals surface area contributed by atoms with Crippen LogP contribution in [0.4, 0.5) is 0 Å². The SMILES string of the molecule is CC(N)(C(=O)N1CCC(CN2CCOCC2)CC1)c1ccccc1.Cl.Cl. The molecule has 2 heterocycles. The van der Waals surface area contributed by atoms with Gasteiger partial charge in [0, 0.05) is 32.7 Å². The molecule has 0 aliphatic carbocycles. The fourth-order valence-electron chi connectivity index (χ4n) is 3.70. The summed E-state index contributed by atoms with van der Waals surface area (Å²) in [5, 5.41) is 0. The van der Waals surface area contributed by atoms with Gasteiger partial charge >= 0.3 is 0 Å². The molecule has 2 aliphatic rings. The van der Waals surface area contributed by atoms with Crippen LogP contribution >= 0.6 is 24.8 Å². The van der Waals surface area contributed by atoms with Gasteiger partial charge in [0.2, 0.25) is 5.91 Å². The standard InChI is InChI=1S/C19H29N3O2.2ClH/c1-19(20,17-5-3-2-4-6-17)18(23)22-9-7-16(8-10-22)15-21-11-13-24-14-12-21;;/h2-6,16H,7-15,20H2,1H3;2*1H. The second-order valence-electron chi connectivity index (χ2n) is 7.22. The zero-order chi connectivity index (χ0) is 17.0.